The van der Waals surface area contributed by atoms with Crippen LogP contribution < -0.4 is 5.32 Å². The predicted molar refractivity (Wildman–Crippen MR) is 64.4 cm³/mol. The number of fused-ring (bicyclic) bond motifs is 2. The Kier molecular flexibility index (Phi) is 2.95. The maximum Gasteiger partial charge on any atom is 0.193 e. The van der Waals surface area contributed by atoms with Gasteiger partial charge in [0.1, 0.15) is 5.76 Å². The minimum atomic E-state index is 0.483. The Hall–Kier alpha value is -0.470. The fourth-order valence-corrected chi connectivity index (χ4v) is 3.62. The van der Waals surface area contributed by atoms with Gasteiger partial charge >= 0.3 is 0 Å². The van der Waals surface area contributed by atoms with Gasteiger partial charge in [0.05, 0.1) is 6.54 Å². The van der Waals surface area contributed by atoms with Crippen molar-refractivity contribution in [3.63, 3.8) is 0 Å². The van der Waals surface area contributed by atoms with Gasteiger partial charge < -0.3 is 9.73 Å². The van der Waals surface area contributed by atoms with Gasteiger partial charge in [-0.1, -0.05) is 6.42 Å². The molecule has 1 aromatic rings. The third-order valence-electron chi connectivity index (χ3n) is 4.22. The first-order valence-electron chi connectivity index (χ1n) is 6.26. The van der Waals surface area contributed by atoms with Crippen molar-refractivity contribution >= 4 is 11.6 Å². The summed E-state index contributed by atoms with van der Waals surface area (Å²) in [6.07, 6.45) is 5.87. The Morgan fingerprint density at radius 1 is 1.31 bits per heavy atom. The van der Waals surface area contributed by atoms with Gasteiger partial charge in [0, 0.05) is 0 Å². The molecule has 2 fully saturated rings. The SMILES string of the molecule is Clc1ccc(CNCC2CC3CCC2C3)o1. The van der Waals surface area contributed by atoms with Crippen LogP contribution in [0.5, 0.6) is 0 Å². The summed E-state index contributed by atoms with van der Waals surface area (Å²) in [4.78, 5) is 0. The highest BCUT2D eigenvalue weighted by Crippen LogP contribution is 2.47. The highest BCUT2D eigenvalue weighted by molar-refractivity contribution is 6.28. The van der Waals surface area contributed by atoms with Crippen LogP contribution in [0.3, 0.4) is 0 Å². The maximum atomic E-state index is 5.72. The van der Waals surface area contributed by atoms with Crippen molar-refractivity contribution in [2.45, 2.75) is 32.2 Å². The summed E-state index contributed by atoms with van der Waals surface area (Å²) in [6.45, 7) is 1.94. The molecule has 1 N–H and O–H groups in total. The summed E-state index contributed by atoms with van der Waals surface area (Å²) >= 11 is 5.72. The normalized spacial score (nSPS) is 32.4. The van der Waals surface area contributed by atoms with Crippen LogP contribution in [0.15, 0.2) is 16.5 Å². The first-order chi connectivity index (χ1) is 7.81. The highest BCUT2D eigenvalue weighted by Gasteiger charge is 2.38. The zero-order valence-electron chi connectivity index (χ0n) is 9.42. The Balaban J connectivity index is 1.44. The Morgan fingerprint density at radius 2 is 2.25 bits per heavy atom. The number of rotatable bonds is 4. The van der Waals surface area contributed by atoms with E-state index in [0.717, 1.165) is 36.6 Å². The zero-order valence-corrected chi connectivity index (χ0v) is 10.2. The lowest BCUT2D eigenvalue weighted by atomic mass is 9.89. The lowest BCUT2D eigenvalue weighted by Gasteiger charge is -2.21. The summed E-state index contributed by atoms with van der Waals surface area (Å²) in [7, 11) is 0. The van der Waals surface area contributed by atoms with Crippen molar-refractivity contribution in [2.75, 3.05) is 6.54 Å². The second-order valence-electron chi connectivity index (χ2n) is 5.27. The Morgan fingerprint density at radius 3 is 2.88 bits per heavy atom. The molecule has 0 amide bonds. The number of furan rings is 1. The van der Waals surface area contributed by atoms with E-state index in [2.05, 4.69) is 5.32 Å². The smallest absolute Gasteiger partial charge is 0.193 e. The first-order valence-corrected chi connectivity index (χ1v) is 6.64. The number of hydrogen-bond donors (Lipinski definition) is 1. The fourth-order valence-electron chi connectivity index (χ4n) is 3.45. The molecule has 3 atom stereocenters. The van der Waals surface area contributed by atoms with Crippen molar-refractivity contribution in [3.05, 3.63) is 23.1 Å². The molecule has 1 heterocycles. The molecule has 0 saturated heterocycles. The average Bonchev–Trinajstić information content (AvgIpc) is 2.94. The van der Waals surface area contributed by atoms with Crippen LogP contribution in [-0.4, -0.2) is 6.54 Å². The molecular weight excluding hydrogens is 222 g/mol. The molecule has 0 radical (unpaired) electrons. The molecule has 88 valence electrons. The molecular formula is C13H18ClNO. The largest absolute Gasteiger partial charge is 0.448 e. The van der Waals surface area contributed by atoms with E-state index >= 15 is 0 Å². The minimum absolute atomic E-state index is 0.483. The van der Waals surface area contributed by atoms with E-state index in [1.165, 1.54) is 25.7 Å². The average molecular weight is 240 g/mol. The van der Waals surface area contributed by atoms with Crippen LogP contribution in [0.25, 0.3) is 0 Å². The van der Waals surface area contributed by atoms with Crippen molar-refractivity contribution < 1.29 is 4.42 Å². The Labute approximate surface area is 101 Å². The zero-order chi connectivity index (χ0) is 11.0. The molecule has 2 bridgehead atoms. The van der Waals surface area contributed by atoms with Gasteiger partial charge in [-0.2, -0.15) is 0 Å². The van der Waals surface area contributed by atoms with Gasteiger partial charge in [0.2, 0.25) is 0 Å². The third-order valence-corrected chi connectivity index (χ3v) is 4.42. The molecule has 0 aliphatic heterocycles. The van der Waals surface area contributed by atoms with E-state index < -0.39 is 0 Å². The summed E-state index contributed by atoms with van der Waals surface area (Å²) < 4.78 is 5.31. The minimum Gasteiger partial charge on any atom is -0.448 e. The number of nitrogens with one attached hydrogen (secondary N) is 1. The molecule has 2 saturated carbocycles. The van der Waals surface area contributed by atoms with Crippen molar-refractivity contribution in [1.82, 2.24) is 5.32 Å². The molecule has 0 aromatic carbocycles. The molecule has 16 heavy (non-hydrogen) atoms. The van der Waals surface area contributed by atoms with E-state index in [0.29, 0.717) is 5.22 Å². The van der Waals surface area contributed by atoms with Crippen LogP contribution in [-0.2, 0) is 6.54 Å². The summed E-state index contributed by atoms with van der Waals surface area (Å²) in [5.41, 5.74) is 0. The van der Waals surface area contributed by atoms with Gasteiger partial charge in [-0.3, -0.25) is 0 Å². The van der Waals surface area contributed by atoms with Crippen molar-refractivity contribution in [1.29, 1.82) is 0 Å². The van der Waals surface area contributed by atoms with Crippen LogP contribution >= 0.6 is 11.6 Å². The van der Waals surface area contributed by atoms with Gasteiger partial charge in [-0.25, -0.2) is 0 Å². The van der Waals surface area contributed by atoms with Crippen LogP contribution in [0.1, 0.15) is 31.4 Å². The molecule has 0 spiro atoms. The molecule has 3 unspecified atom stereocenters. The second kappa shape index (κ2) is 4.42. The Bertz CT molecular complexity index is 363. The molecule has 2 aliphatic carbocycles. The summed E-state index contributed by atoms with van der Waals surface area (Å²) in [6, 6.07) is 3.74. The van der Waals surface area contributed by atoms with E-state index in [4.69, 9.17) is 16.0 Å². The predicted octanol–water partition coefficient (Wildman–Crippen LogP) is 3.46. The van der Waals surface area contributed by atoms with E-state index in [9.17, 15) is 0 Å². The third kappa shape index (κ3) is 2.14. The van der Waals surface area contributed by atoms with Crippen molar-refractivity contribution in [2.24, 2.45) is 17.8 Å². The van der Waals surface area contributed by atoms with Crippen LogP contribution in [0.2, 0.25) is 5.22 Å². The topological polar surface area (TPSA) is 25.2 Å². The van der Waals surface area contributed by atoms with Crippen molar-refractivity contribution in [3.8, 4) is 0 Å². The number of hydrogen-bond acceptors (Lipinski definition) is 2. The van der Waals surface area contributed by atoms with E-state index in [1.54, 1.807) is 6.07 Å². The molecule has 3 rings (SSSR count). The lowest BCUT2D eigenvalue weighted by molar-refractivity contribution is 0.314. The van der Waals surface area contributed by atoms with E-state index in [-0.39, 0.29) is 0 Å². The number of halogens is 1. The van der Waals surface area contributed by atoms with Gasteiger partial charge in [-0.05, 0) is 67.3 Å². The van der Waals surface area contributed by atoms with Crippen LogP contribution in [0, 0.1) is 17.8 Å². The van der Waals surface area contributed by atoms with Gasteiger partial charge in [0.25, 0.3) is 0 Å². The van der Waals surface area contributed by atoms with Gasteiger partial charge in [0.15, 0.2) is 5.22 Å². The molecule has 3 heteroatoms. The second-order valence-corrected chi connectivity index (χ2v) is 5.64. The summed E-state index contributed by atoms with van der Waals surface area (Å²) in [5, 5.41) is 3.97. The highest BCUT2D eigenvalue weighted by atomic mass is 35.5. The van der Waals surface area contributed by atoms with Gasteiger partial charge in [-0.15, -0.1) is 0 Å². The summed E-state index contributed by atoms with van der Waals surface area (Å²) in [5.74, 6) is 3.88. The van der Waals surface area contributed by atoms with Crippen LogP contribution in [0.4, 0.5) is 0 Å². The van der Waals surface area contributed by atoms with E-state index in [1.807, 2.05) is 6.07 Å². The first kappa shape index (κ1) is 10.7. The molecule has 2 nitrogen and oxygen atoms in total. The fraction of sp³-hybridized carbons (Fsp3) is 0.692. The maximum absolute atomic E-state index is 5.72. The molecule has 1 aromatic heterocycles. The lowest BCUT2D eigenvalue weighted by Crippen LogP contribution is -2.26. The standard InChI is InChI=1S/C13H18ClNO/c14-13-4-3-12(16-13)8-15-7-11-6-9-1-2-10(11)5-9/h3-4,9-11,15H,1-2,5-8H2. The monoisotopic (exact) mass is 239 g/mol. The quantitative estimate of drug-likeness (QED) is 0.871. The molecule has 2 aliphatic rings.